The van der Waals surface area contributed by atoms with E-state index in [1.54, 1.807) is 31.5 Å². The van der Waals surface area contributed by atoms with Crippen LogP contribution < -0.4 is 10.1 Å². The molecule has 0 saturated heterocycles. The number of halogens is 5. The normalized spacial score (nSPS) is 13.7. The van der Waals surface area contributed by atoms with Crippen LogP contribution in [0.1, 0.15) is 43.5 Å². The van der Waals surface area contributed by atoms with Gasteiger partial charge < -0.3 is 10.1 Å². The van der Waals surface area contributed by atoms with Crippen LogP contribution in [0.4, 0.5) is 17.6 Å². The largest absolute Gasteiger partial charge is 0.461 e. The van der Waals surface area contributed by atoms with Crippen molar-refractivity contribution in [3.63, 3.8) is 0 Å². The molecule has 1 N–H and O–H groups in total. The Morgan fingerprint density at radius 2 is 1.80 bits per heavy atom. The van der Waals surface area contributed by atoms with Crippen molar-refractivity contribution in [2.24, 2.45) is 0 Å². The number of alkyl halides is 3. The number of pyridine rings is 1. The summed E-state index contributed by atoms with van der Waals surface area (Å²) in [5, 5.41) is 2.89. The smallest absolute Gasteiger partial charge is 0.433 e. The monoisotopic (exact) mass is 554 g/mol. The standard InChI is InChI=1S/C24H23BrF4N4O2/c1-14(19(16-9-17(25)12-30-11-16)8-15-4-6-18(26)7-5-15)33-22(34)23(2,3)35-21-10-20(24(27,28)29)31-13-32-21/h4-7,9-14,19H,8H2,1-3H3,(H,33,34). The molecule has 0 radical (unpaired) electrons. The zero-order valence-corrected chi connectivity index (χ0v) is 20.7. The predicted octanol–water partition coefficient (Wildman–Crippen LogP) is 5.48. The Hall–Kier alpha value is -3.08. The molecule has 2 unspecified atom stereocenters. The van der Waals surface area contributed by atoms with Gasteiger partial charge in [-0.3, -0.25) is 9.78 Å². The van der Waals surface area contributed by atoms with Crippen LogP contribution in [-0.4, -0.2) is 32.5 Å². The number of rotatable bonds is 8. The minimum absolute atomic E-state index is 0.249. The molecule has 0 aliphatic heterocycles. The summed E-state index contributed by atoms with van der Waals surface area (Å²) in [6, 6.07) is 8.15. The first-order valence-electron chi connectivity index (χ1n) is 10.6. The highest BCUT2D eigenvalue weighted by atomic mass is 79.9. The van der Waals surface area contributed by atoms with Crippen molar-refractivity contribution in [3.05, 3.63) is 82.2 Å². The zero-order chi connectivity index (χ0) is 25.8. The van der Waals surface area contributed by atoms with Crippen molar-refractivity contribution in [1.82, 2.24) is 20.3 Å². The Morgan fingerprint density at radius 3 is 2.43 bits per heavy atom. The molecule has 1 amide bonds. The number of nitrogens with one attached hydrogen (secondary N) is 1. The van der Waals surface area contributed by atoms with E-state index in [9.17, 15) is 22.4 Å². The van der Waals surface area contributed by atoms with E-state index < -0.39 is 29.4 Å². The van der Waals surface area contributed by atoms with Crippen LogP contribution in [-0.2, 0) is 17.4 Å². The zero-order valence-electron chi connectivity index (χ0n) is 19.1. The topological polar surface area (TPSA) is 77.0 Å². The highest BCUT2D eigenvalue weighted by Crippen LogP contribution is 2.30. The fourth-order valence-corrected chi connectivity index (χ4v) is 3.81. The van der Waals surface area contributed by atoms with E-state index >= 15 is 0 Å². The number of carbonyl (C=O) groups excluding carboxylic acids is 1. The maximum atomic E-state index is 13.4. The van der Waals surface area contributed by atoms with E-state index in [4.69, 9.17) is 4.74 Å². The minimum Gasteiger partial charge on any atom is -0.461 e. The third-order valence-electron chi connectivity index (χ3n) is 5.32. The van der Waals surface area contributed by atoms with Gasteiger partial charge in [-0.1, -0.05) is 12.1 Å². The lowest BCUT2D eigenvalue weighted by Crippen LogP contribution is -2.51. The van der Waals surface area contributed by atoms with E-state index in [1.807, 2.05) is 6.07 Å². The van der Waals surface area contributed by atoms with Crippen LogP contribution in [0.2, 0.25) is 0 Å². The fraction of sp³-hybridized carbons (Fsp3) is 0.333. The van der Waals surface area contributed by atoms with Crippen molar-refractivity contribution in [2.75, 3.05) is 0 Å². The molecule has 2 aromatic heterocycles. The Kier molecular flexibility index (Phi) is 8.09. The molecule has 0 saturated carbocycles. The summed E-state index contributed by atoms with van der Waals surface area (Å²) in [6.07, 6.45) is -0.151. The Labute approximate surface area is 208 Å². The van der Waals surface area contributed by atoms with Gasteiger partial charge in [0.1, 0.15) is 12.1 Å². The molecule has 0 aliphatic rings. The number of hydrogen-bond acceptors (Lipinski definition) is 5. The summed E-state index contributed by atoms with van der Waals surface area (Å²) in [6.45, 7) is 4.66. The summed E-state index contributed by atoms with van der Waals surface area (Å²) in [5.74, 6) is -1.53. The van der Waals surface area contributed by atoms with Crippen LogP contribution >= 0.6 is 15.9 Å². The highest BCUT2D eigenvalue weighted by Gasteiger charge is 2.36. The van der Waals surface area contributed by atoms with E-state index in [0.29, 0.717) is 12.5 Å². The highest BCUT2D eigenvalue weighted by molar-refractivity contribution is 9.10. The van der Waals surface area contributed by atoms with Crippen LogP contribution in [0, 0.1) is 5.82 Å². The van der Waals surface area contributed by atoms with Gasteiger partial charge in [-0.05, 0) is 72.4 Å². The lowest BCUT2D eigenvalue weighted by molar-refractivity contribution is -0.141. The maximum absolute atomic E-state index is 13.4. The van der Waals surface area contributed by atoms with E-state index in [0.717, 1.165) is 21.9 Å². The first-order chi connectivity index (χ1) is 16.3. The Bertz CT molecular complexity index is 1170. The number of ether oxygens (including phenoxy) is 1. The van der Waals surface area contributed by atoms with Gasteiger partial charge in [0.05, 0.1) is 0 Å². The van der Waals surface area contributed by atoms with Crippen LogP contribution in [0.25, 0.3) is 0 Å². The second kappa shape index (κ2) is 10.7. The van der Waals surface area contributed by atoms with Gasteiger partial charge in [0.25, 0.3) is 5.91 Å². The van der Waals surface area contributed by atoms with Gasteiger partial charge in [-0.15, -0.1) is 0 Å². The molecule has 6 nitrogen and oxygen atoms in total. The van der Waals surface area contributed by atoms with Crippen molar-refractivity contribution in [2.45, 2.75) is 50.9 Å². The number of amides is 1. The van der Waals surface area contributed by atoms with Gasteiger partial charge in [0.2, 0.25) is 5.88 Å². The molecule has 35 heavy (non-hydrogen) atoms. The molecule has 0 spiro atoms. The first kappa shape index (κ1) is 26.5. The second-order valence-electron chi connectivity index (χ2n) is 8.49. The summed E-state index contributed by atoms with van der Waals surface area (Å²) >= 11 is 3.40. The molecule has 0 bridgehead atoms. The van der Waals surface area contributed by atoms with E-state index in [2.05, 4.69) is 36.2 Å². The molecule has 0 aliphatic carbocycles. The number of carbonyl (C=O) groups is 1. The van der Waals surface area contributed by atoms with Gasteiger partial charge >= 0.3 is 6.18 Å². The third kappa shape index (κ3) is 7.20. The maximum Gasteiger partial charge on any atom is 0.433 e. The molecule has 1 aromatic carbocycles. The third-order valence-corrected chi connectivity index (χ3v) is 5.76. The van der Waals surface area contributed by atoms with Crippen LogP contribution in [0.15, 0.2) is 59.6 Å². The van der Waals surface area contributed by atoms with E-state index in [-0.39, 0.29) is 17.6 Å². The summed E-state index contributed by atoms with van der Waals surface area (Å²) < 4.78 is 58.5. The average molecular weight is 555 g/mol. The number of nitrogens with zero attached hydrogens (tertiary/aromatic N) is 3. The number of aromatic nitrogens is 3. The minimum atomic E-state index is -4.67. The quantitative estimate of drug-likeness (QED) is 0.373. The number of hydrogen-bond donors (Lipinski definition) is 1. The molecular formula is C24H23BrF4N4O2. The van der Waals surface area contributed by atoms with Gasteiger partial charge in [0.15, 0.2) is 11.3 Å². The van der Waals surface area contributed by atoms with Gasteiger partial charge in [-0.2, -0.15) is 13.2 Å². The van der Waals surface area contributed by atoms with Gasteiger partial charge in [-0.25, -0.2) is 14.4 Å². The average Bonchev–Trinajstić information content (AvgIpc) is 2.78. The van der Waals surface area contributed by atoms with Gasteiger partial charge in [0, 0.05) is 34.9 Å². The Morgan fingerprint density at radius 1 is 1.11 bits per heavy atom. The van der Waals surface area contributed by atoms with Crippen molar-refractivity contribution >= 4 is 21.8 Å². The van der Waals surface area contributed by atoms with Crippen LogP contribution in [0.3, 0.4) is 0 Å². The van der Waals surface area contributed by atoms with E-state index in [1.165, 1.54) is 26.0 Å². The summed E-state index contributed by atoms with van der Waals surface area (Å²) in [4.78, 5) is 24.2. The first-order valence-corrected chi connectivity index (χ1v) is 11.4. The summed E-state index contributed by atoms with van der Waals surface area (Å²) in [5.41, 5.74) is -1.02. The number of benzene rings is 1. The lowest BCUT2D eigenvalue weighted by atomic mass is 9.87. The molecule has 11 heteroatoms. The Balaban J connectivity index is 1.79. The molecule has 3 aromatic rings. The van der Waals surface area contributed by atoms with Crippen LogP contribution in [0.5, 0.6) is 5.88 Å². The molecule has 2 atom stereocenters. The molecule has 186 valence electrons. The predicted molar refractivity (Wildman–Crippen MR) is 124 cm³/mol. The molecule has 3 rings (SSSR count). The van der Waals surface area contributed by atoms with Crippen molar-refractivity contribution < 1.29 is 27.1 Å². The van der Waals surface area contributed by atoms with Crippen molar-refractivity contribution in [1.29, 1.82) is 0 Å². The fourth-order valence-electron chi connectivity index (χ4n) is 3.43. The molecule has 2 heterocycles. The molecular weight excluding hydrogens is 532 g/mol. The molecule has 0 fully saturated rings. The SMILES string of the molecule is CC(NC(=O)C(C)(C)Oc1cc(C(F)(F)F)ncn1)C(Cc1ccc(F)cc1)c1cncc(Br)c1. The summed E-state index contributed by atoms with van der Waals surface area (Å²) in [7, 11) is 0. The van der Waals surface area contributed by atoms with Crippen molar-refractivity contribution in [3.8, 4) is 5.88 Å². The second-order valence-corrected chi connectivity index (χ2v) is 9.40. The lowest BCUT2D eigenvalue weighted by Gasteiger charge is -2.30.